The molecule has 3 rings (SSSR count). The molecule has 0 fully saturated rings. The number of fused-ring (bicyclic) bond motifs is 1. The zero-order valence-corrected chi connectivity index (χ0v) is 17.3. The number of aliphatic imine (C=N–C) groups is 1. The molecule has 1 aliphatic heterocycles. The molecule has 0 radical (unpaired) electrons. The Labute approximate surface area is 174 Å². The summed E-state index contributed by atoms with van der Waals surface area (Å²) in [7, 11) is 0. The predicted octanol–water partition coefficient (Wildman–Crippen LogP) is 4.08. The van der Waals surface area contributed by atoms with Crippen LogP contribution >= 0.6 is 0 Å². The summed E-state index contributed by atoms with van der Waals surface area (Å²) in [6.07, 6.45) is 5.13. The highest BCUT2D eigenvalue weighted by Crippen LogP contribution is 2.31. The first-order valence-corrected chi connectivity index (χ1v) is 10.7. The number of guanidine groups is 1. The largest absolute Gasteiger partial charge is 0.357 e. The Morgan fingerprint density at radius 2 is 1.83 bits per heavy atom. The van der Waals surface area contributed by atoms with Gasteiger partial charge in [0.25, 0.3) is 0 Å². The van der Waals surface area contributed by atoms with Gasteiger partial charge in [-0.25, -0.2) is 0 Å². The van der Waals surface area contributed by atoms with E-state index in [0.717, 1.165) is 37.6 Å². The number of carbonyl (C=O) groups is 1. The SMILES string of the molecule is CCNC(=NCC1CC(=O)Nc2ccccc21)NCCCCCc1ccccc1. The number of nitrogens with one attached hydrogen (secondary N) is 3. The predicted molar refractivity (Wildman–Crippen MR) is 120 cm³/mol. The van der Waals surface area contributed by atoms with Gasteiger partial charge in [0.2, 0.25) is 5.91 Å². The number of hydrogen-bond donors (Lipinski definition) is 3. The molecule has 1 heterocycles. The van der Waals surface area contributed by atoms with Crippen LogP contribution in [0.15, 0.2) is 59.6 Å². The third kappa shape index (κ3) is 6.63. The maximum atomic E-state index is 12.0. The molecule has 0 aliphatic carbocycles. The number of nitrogens with zero attached hydrogens (tertiary/aromatic N) is 1. The minimum atomic E-state index is 0.0697. The van der Waals surface area contributed by atoms with Crippen molar-refractivity contribution in [2.24, 2.45) is 4.99 Å². The number of para-hydroxylation sites is 1. The van der Waals surface area contributed by atoms with Gasteiger partial charge in [0, 0.05) is 31.1 Å². The third-order valence-electron chi connectivity index (χ3n) is 5.20. The zero-order valence-electron chi connectivity index (χ0n) is 17.3. The maximum absolute atomic E-state index is 12.0. The van der Waals surface area contributed by atoms with Gasteiger partial charge >= 0.3 is 0 Å². The standard InChI is InChI=1S/C24H32N4O/c1-2-25-24(26-16-10-4-7-13-19-11-5-3-6-12-19)27-18-20-17-23(29)28-22-15-9-8-14-21(20)22/h3,5-6,8-9,11-12,14-15,20H,2,4,7,10,13,16-18H2,1H3,(H,28,29)(H2,25,26,27). The Bertz CT molecular complexity index is 804. The van der Waals surface area contributed by atoms with Crippen LogP contribution in [0.3, 0.4) is 0 Å². The van der Waals surface area contributed by atoms with Crippen LogP contribution < -0.4 is 16.0 Å². The molecule has 1 unspecified atom stereocenters. The Balaban J connectivity index is 1.44. The summed E-state index contributed by atoms with van der Waals surface area (Å²) in [6.45, 7) is 4.40. The highest BCUT2D eigenvalue weighted by Gasteiger charge is 2.24. The van der Waals surface area contributed by atoms with Crippen molar-refractivity contribution in [3.8, 4) is 0 Å². The molecule has 2 aromatic rings. The normalized spacial score (nSPS) is 16.1. The van der Waals surface area contributed by atoms with Gasteiger partial charge in [-0.2, -0.15) is 0 Å². The fraction of sp³-hybridized carbons (Fsp3) is 0.417. The first-order valence-electron chi connectivity index (χ1n) is 10.7. The fourth-order valence-corrected chi connectivity index (χ4v) is 3.69. The van der Waals surface area contributed by atoms with Crippen molar-refractivity contribution in [2.45, 2.75) is 44.9 Å². The first-order chi connectivity index (χ1) is 14.3. The summed E-state index contributed by atoms with van der Waals surface area (Å²) < 4.78 is 0. The van der Waals surface area contributed by atoms with Gasteiger partial charge in [0.15, 0.2) is 5.96 Å². The van der Waals surface area contributed by atoms with Gasteiger partial charge in [-0.3, -0.25) is 9.79 Å². The van der Waals surface area contributed by atoms with E-state index in [1.54, 1.807) is 0 Å². The van der Waals surface area contributed by atoms with Crippen LogP contribution in [-0.4, -0.2) is 31.5 Å². The van der Waals surface area contributed by atoms with Gasteiger partial charge in [-0.15, -0.1) is 0 Å². The topological polar surface area (TPSA) is 65.5 Å². The van der Waals surface area contributed by atoms with Gasteiger partial charge in [0.1, 0.15) is 0 Å². The number of benzene rings is 2. The summed E-state index contributed by atoms with van der Waals surface area (Å²) in [6, 6.07) is 18.7. The number of rotatable bonds is 9. The molecule has 1 atom stereocenters. The molecular weight excluding hydrogens is 360 g/mol. The molecule has 5 nitrogen and oxygen atoms in total. The Morgan fingerprint density at radius 1 is 1.03 bits per heavy atom. The average molecular weight is 393 g/mol. The van der Waals surface area contributed by atoms with Crippen LogP contribution in [0.25, 0.3) is 0 Å². The molecule has 1 aliphatic rings. The molecule has 1 amide bonds. The van der Waals surface area contributed by atoms with Gasteiger partial charge in [-0.05, 0) is 43.4 Å². The molecule has 29 heavy (non-hydrogen) atoms. The van der Waals surface area contributed by atoms with Crippen LogP contribution in [0.2, 0.25) is 0 Å². The smallest absolute Gasteiger partial charge is 0.225 e. The van der Waals surface area contributed by atoms with Crippen molar-refractivity contribution in [1.29, 1.82) is 0 Å². The van der Waals surface area contributed by atoms with Crippen molar-refractivity contribution in [2.75, 3.05) is 25.0 Å². The molecule has 0 saturated heterocycles. The Kier molecular flexibility index (Phi) is 8.11. The molecule has 2 aromatic carbocycles. The van der Waals surface area contributed by atoms with E-state index in [9.17, 15) is 4.79 Å². The summed E-state index contributed by atoms with van der Waals surface area (Å²) in [5.74, 6) is 1.03. The van der Waals surface area contributed by atoms with Crippen molar-refractivity contribution >= 4 is 17.6 Å². The van der Waals surface area contributed by atoms with E-state index in [-0.39, 0.29) is 11.8 Å². The highest BCUT2D eigenvalue weighted by molar-refractivity contribution is 5.94. The molecular formula is C24H32N4O. The third-order valence-corrected chi connectivity index (χ3v) is 5.20. The van der Waals surface area contributed by atoms with Crippen LogP contribution in [0.4, 0.5) is 5.69 Å². The molecule has 0 bridgehead atoms. The lowest BCUT2D eigenvalue weighted by Gasteiger charge is -2.24. The number of hydrogen-bond acceptors (Lipinski definition) is 2. The fourth-order valence-electron chi connectivity index (χ4n) is 3.69. The summed E-state index contributed by atoms with van der Waals surface area (Å²) in [4.78, 5) is 16.7. The van der Waals surface area contributed by atoms with E-state index >= 15 is 0 Å². The summed E-state index contributed by atoms with van der Waals surface area (Å²) in [5.41, 5.74) is 3.50. The van der Waals surface area contributed by atoms with E-state index < -0.39 is 0 Å². The molecule has 0 saturated carbocycles. The van der Waals surface area contributed by atoms with Crippen LogP contribution in [-0.2, 0) is 11.2 Å². The van der Waals surface area contributed by atoms with Crippen molar-refractivity contribution < 1.29 is 4.79 Å². The zero-order chi connectivity index (χ0) is 20.3. The second-order valence-electron chi connectivity index (χ2n) is 7.48. The van der Waals surface area contributed by atoms with E-state index in [1.165, 1.54) is 24.0 Å². The maximum Gasteiger partial charge on any atom is 0.225 e. The lowest BCUT2D eigenvalue weighted by Crippen LogP contribution is -2.38. The van der Waals surface area contributed by atoms with Gasteiger partial charge < -0.3 is 16.0 Å². The van der Waals surface area contributed by atoms with E-state index in [1.807, 2.05) is 18.2 Å². The highest BCUT2D eigenvalue weighted by atomic mass is 16.1. The Hall–Kier alpha value is -2.82. The summed E-state index contributed by atoms with van der Waals surface area (Å²) in [5, 5.41) is 9.69. The van der Waals surface area contributed by atoms with Crippen LogP contribution in [0.1, 0.15) is 49.7 Å². The quantitative estimate of drug-likeness (QED) is 0.342. The van der Waals surface area contributed by atoms with Gasteiger partial charge in [0.05, 0.1) is 6.54 Å². The minimum absolute atomic E-state index is 0.0697. The van der Waals surface area contributed by atoms with E-state index in [2.05, 4.69) is 59.3 Å². The monoisotopic (exact) mass is 392 g/mol. The molecule has 154 valence electrons. The van der Waals surface area contributed by atoms with E-state index in [0.29, 0.717) is 13.0 Å². The van der Waals surface area contributed by atoms with Gasteiger partial charge in [-0.1, -0.05) is 55.0 Å². The second-order valence-corrected chi connectivity index (χ2v) is 7.48. The Morgan fingerprint density at radius 3 is 2.66 bits per heavy atom. The van der Waals surface area contributed by atoms with Crippen molar-refractivity contribution in [3.63, 3.8) is 0 Å². The molecule has 0 aromatic heterocycles. The average Bonchev–Trinajstić information content (AvgIpc) is 2.74. The molecule has 3 N–H and O–H groups in total. The lowest BCUT2D eigenvalue weighted by atomic mass is 9.91. The van der Waals surface area contributed by atoms with E-state index in [4.69, 9.17) is 4.99 Å². The lowest BCUT2D eigenvalue weighted by molar-refractivity contribution is -0.116. The van der Waals surface area contributed by atoms with Crippen LogP contribution in [0.5, 0.6) is 0 Å². The van der Waals surface area contributed by atoms with Crippen molar-refractivity contribution in [1.82, 2.24) is 10.6 Å². The molecule has 5 heteroatoms. The first kappa shape index (κ1) is 20.9. The van der Waals surface area contributed by atoms with Crippen molar-refractivity contribution in [3.05, 3.63) is 65.7 Å². The van der Waals surface area contributed by atoms with Crippen LogP contribution in [0, 0.1) is 0 Å². The second kappa shape index (κ2) is 11.2. The number of amides is 1. The number of anilines is 1. The minimum Gasteiger partial charge on any atom is -0.357 e. The molecule has 0 spiro atoms. The number of aryl methyl sites for hydroxylation is 1. The number of carbonyl (C=O) groups excluding carboxylic acids is 1. The number of unbranched alkanes of at least 4 members (excludes halogenated alkanes) is 2. The summed E-state index contributed by atoms with van der Waals surface area (Å²) >= 11 is 0.